The van der Waals surface area contributed by atoms with Crippen molar-refractivity contribution in [3.8, 4) is 0 Å². The van der Waals surface area contributed by atoms with Crippen LogP contribution in [0.5, 0.6) is 0 Å². The highest BCUT2D eigenvalue weighted by Gasteiger charge is 2.21. The van der Waals surface area contributed by atoms with Crippen molar-refractivity contribution < 1.29 is 24.2 Å². The van der Waals surface area contributed by atoms with Gasteiger partial charge in [0.25, 0.3) is 0 Å². The van der Waals surface area contributed by atoms with E-state index in [0.29, 0.717) is 12.8 Å². The van der Waals surface area contributed by atoms with E-state index in [0.717, 1.165) is 6.07 Å². The number of rotatable bonds is 7. The van der Waals surface area contributed by atoms with Crippen LogP contribution in [0.3, 0.4) is 0 Å². The fraction of sp³-hybridized carbons (Fsp3) is 0.429. The maximum atomic E-state index is 13.0. The van der Waals surface area contributed by atoms with Gasteiger partial charge in [0.1, 0.15) is 11.9 Å². The summed E-state index contributed by atoms with van der Waals surface area (Å²) in [6.45, 7) is 1.81. The van der Waals surface area contributed by atoms with Crippen molar-refractivity contribution in [1.82, 2.24) is 5.32 Å². The highest BCUT2D eigenvalue weighted by molar-refractivity contribution is 5.83. The van der Waals surface area contributed by atoms with Gasteiger partial charge in [0.15, 0.2) is 0 Å². The molecule has 2 atom stereocenters. The molecule has 0 heterocycles. The summed E-state index contributed by atoms with van der Waals surface area (Å²) in [7, 11) is 0. The molecule has 5 nitrogen and oxygen atoms in total. The van der Waals surface area contributed by atoms with Crippen LogP contribution in [0.25, 0.3) is 0 Å². The second-order valence-electron chi connectivity index (χ2n) is 4.52. The molecule has 0 aliphatic carbocycles. The first kappa shape index (κ1) is 16.1. The molecule has 1 aromatic carbocycles. The Labute approximate surface area is 116 Å². The number of carbonyl (C=O) groups excluding carboxylic acids is 1. The van der Waals surface area contributed by atoms with Crippen molar-refractivity contribution in [1.29, 1.82) is 0 Å². The van der Waals surface area contributed by atoms with Gasteiger partial charge in [-0.15, -0.1) is 0 Å². The average Bonchev–Trinajstić information content (AvgIpc) is 2.38. The van der Waals surface area contributed by atoms with Gasteiger partial charge in [0, 0.05) is 0 Å². The number of nitrogens with one attached hydrogen (secondary N) is 1. The van der Waals surface area contributed by atoms with Gasteiger partial charge in [-0.25, -0.2) is 9.18 Å². The topological polar surface area (TPSA) is 86.6 Å². The fourth-order valence-corrected chi connectivity index (χ4v) is 1.81. The zero-order valence-electron chi connectivity index (χ0n) is 11.2. The molecule has 0 aliphatic rings. The van der Waals surface area contributed by atoms with Crippen LogP contribution >= 0.6 is 0 Å². The van der Waals surface area contributed by atoms with Gasteiger partial charge in [0.05, 0.1) is 12.5 Å². The molecule has 1 rings (SSSR count). The molecule has 6 heteroatoms. The van der Waals surface area contributed by atoms with Crippen LogP contribution in [0, 0.1) is 5.82 Å². The van der Waals surface area contributed by atoms with Crippen molar-refractivity contribution >= 4 is 11.9 Å². The van der Waals surface area contributed by atoms with E-state index in [1.807, 2.05) is 6.92 Å². The van der Waals surface area contributed by atoms with Crippen LogP contribution in [0.1, 0.15) is 37.9 Å². The number of amides is 1. The molecule has 0 aliphatic heterocycles. The van der Waals surface area contributed by atoms with Gasteiger partial charge in [-0.05, 0) is 24.1 Å². The number of benzene rings is 1. The summed E-state index contributed by atoms with van der Waals surface area (Å²) in [5.74, 6) is -2.19. The number of aliphatic carboxylic acids is 1. The number of carboxylic acids is 1. The van der Waals surface area contributed by atoms with Gasteiger partial charge >= 0.3 is 5.97 Å². The van der Waals surface area contributed by atoms with E-state index in [4.69, 9.17) is 5.11 Å². The summed E-state index contributed by atoms with van der Waals surface area (Å²) in [5, 5.41) is 21.1. The lowest BCUT2D eigenvalue weighted by molar-refractivity contribution is -0.142. The quantitative estimate of drug-likeness (QED) is 0.709. The highest BCUT2D eigenvalue weighted by Crippen LogP contribution is 2.17. The lowest BCUT2D eigenvalue weighted by Gasteiger charge is -2.15. The minimum atomic E-state index is -1.17. The number of carbonyl (C=O) groups is 2. The van der Waals surface area contributed by atoms with Crippen LogP contribution in [0.15, 0.2) is 24.3 Å². The summed E-state index contributed by atoms with van der Waals surface area (Å²) >= 11 is 0. The predicted molar refractivity (Wildman–Crippen MR) is 70.5 cm³/mol. The molecule has 2 unspecified atom stereocenters. The van der Waals surface area contributed by atoms with Crippen molar-refractivity contribution in [2.75, 3.05) is 0 Å². The van der Waals surface area contributed by atoms with Gasteiger partial charge in [0.2, 0.25) is 5.91 Å². The second kappa shape index (κ2) is 7.59. The predicted octanol–water partition coefficient (Wildman–Crippen LogP) is 1.62. The molecule has 110 valence electrons. The zero-order chi connectivity index (χ0) is 15.1. The lowest BCUT2D eigenvalue weighted by atomic mass is 10.1. The summed E-state index contributed by atoms with van der Waals surface area (Å²) in [6.07, 6.45) is -0.542. The molecule has 20 heavy (non-hydrogen) atoms. The molecule has 0 aromatic heterocycles. The Bertz CT molecular complexity index is 478. The van der Waals surface area contributed by atoms with Crippen LogP contribution < -0.4 is 5.32 Å². The standard InChI is InChI=1S/C14H18FNO4/c1-2-4-11(14(19)20)16-13(18)8-12(17)9-5-3-6-10(15)7-9/h3,5-7,11-12,17H,2,4,8H2,1H3,(H,16,18)(H,19,20). The minimum absolute atomic E-state index is 0.280. The van der Waals surface area contributed by atoms with E-state index in [1.165, 1.54) is 18.2 Å². The number of aliphatic hydroxyl groups is 1. The van der Waals surface area contributed by atoms with Gasteiger partial charge in [-0.2, -0.15) is 0 Å². The normalized spacial score (nSPS) is 13.6. The van der Waals surface area contributed by atoms with Gasteiger partial charge in [-0.1, -0.05) is 25.5 Å². The Morgan fingerprint density at radius 1 is 1.40 bits per heavy atom. The van der Waals surface area contributed by atoms with Gasteiger partial charge < -0.3 is 15.5 Å². The molecule has 0 saturated carbocycles. The van der Waals surface area contributed by atoms with Crippen molar-refractivity contribution in [3.05, 3.63) is 35.6 Å². The fourth-order valence-electron chi connectivity index (χ4n) is 1.81. The number of halogens is 1. The second-order valence-corrected chi connectivity index (χ2v) is 4.52. The number of aliphatic hydroxyl groups excluding tert-OH is 1. The maximum Gasteiger partial charge on any atom is 0.326 e. The molecule has 0 radical (unpaired) electrons. The van der Waals surface area contributed by atoms with E-state index in [1.54, 1.807) is 0 Å². The zero-order valence-corrected chi connectivity index (χ0v) is 11.2. The minimum Gasteiger partial charge on any atom is -0.480 e. The largest absolute Gasteiger partial charge is 0.480 e. The summed E-state index contributed by atoms with van der Waals surface area (Å²) < 4.78 is 13.0. The SMILES string of the molecule is CCCC(NC(=O)CC(O)c1cccc(F)c1)C(=O)O. The number of hydrogen-bond acceptors (Lipinski definition) is 3. The molecule has 0 saturated heterocycles. The third kappa shape index (κ3) is 4.97. The number of hydrogen-bond donors (Lipinski definition) is 3. The van der Waals surface area contributed by atoms with Crippen LogP contribution in [0.4, 0.5) is 4.39 Å². The Hall–Kier alpha value is -1.95. The van der Waals surface area contributed by atoms with Crippen LogP contribution in [-0.4, -0.2) is 28.1 Å². The maximum absolute atomic E-state index is 13.0. The Morgan fingerprint density at radius 3 is 2.65 bits per heavy atom. The highest BCUT2D eigenvalue weighted by atomic mass is 19.1. The van der Waals surface area contributed by atoms with Crippen molar-refractivity contribution in [2.45, 2.75) is 38.3 Å². The first-order valence-corrected chi connectivity index (χ1v) is 6.39. The smallest absolute Gasteiger partial charge is 0.326 e. The van der Waals surface area contributed by atoms with Crippen molar-refractivity contribution in [2.24, 2.45) is 0 Å². The first-order valence-electron chi connectivity index (χ1n) is 6.39. The van der Waals surface area contributed by atoms with Gasteiger partial charge in [-0.3, -0.25) is 4.79 Å². The lowest BCUT2D eigenvalue weighted by Crippen LogP contribution is -2.41. The van der Waals surface area contributed by atoms with Crippen LogP contribution in [0.2, 0.25) is 0 Å². The van der Waals surface area contributed by atoms with E-state index < -0.39 is 29.8 Å². The van der Waals surface area contributed by atoms with E-state index in [9.17, 15) is 19.1 Å². The Morgan fingerprint density at radius 2 is 2.10 bits per heavy atom. The third-order valence-corrected chi connectivity index (χ3v) is 2.82. The Balaban J connectivity index is 2.59. The monoisotopic (exact) mass is 283 g/mol. The van der Waals surface area contributed by atoms with E-state index in [2.05, 4.69) is 5.32 Å². The first-order chi connectivity index (χ1) is 9.43. The number of carboxylic acid groups (broad SMARTS) is 1. The summed E-state index contributed by atoms with van der Waals surface area (Å²) in [6, 6.07) is 4.34. The molecule has 0 fully saturated rings. The molecular weight excluding hydrogens is 265 g/mol. The van der Waals surface area contributed by atoms with Crippen LogP contribution in [-0.2, 0) is 9.59 Å². The van der Waals surface area contributed by atoms with E-state index in [-0.39, 0.29) is 12.0 Å². The molecule has 0 bridgehead atoms. The Kier molecular flexibility index (Phi) is 6.11. The molecule has 1 amide bonds. The van der Waals surface area contributed by atoms with E-state index >= 15 is 0 Å². The molecular formula is C14H18FNO4. The average molecular weight is 283 g/mol. The summed E-state index contributed by atoms with van der Waals surface area (Å²) in [5.41, 5.74) is 0.280. The molecule has 0 spiro atoms. The molecule has 3 N–H and O–H groups in total. The van der Waals surface area contributed by atoms with Crippen molar-refractivity contribution in [3.63, 3.8) is 0 Å². The third-order valence-electron chi connectivity index (χ3n) is 2.82. The summed E-state index contributed by atoms with van der Waals surface area (Å²) in [4.78, 5) is 22.6. The molecule has 1 aromatic rings.